The summed E-state index contributed by atoms with van der Waals surface area (Å²) in [6, 6.07) is 5.55. The molecule has 1 atom stereocenters. The van der Waals surface area contributed by atoms with Crippen LogP contribution < -0.4 is 5.32 Å². The molecule has 0 aliphatic carbocycles. The van der Waals surface area contributed by atoms with Gasteiger partial charge >= 0.3 is 6.03 Å². The monoisotopic (exact) mass is 294 g/mol. The SMILES string of the molecule is Cc1cccc(Cl)c1NC(=O)N1CC[C@]2(CCOC2)C1. The second-order valence-electron chi connectivity index (χ2n) is 5.84. The first-order valence-electron chi connectivity index (χ1n) is 6.98. The number of benzene rings is 1. The Labute approximate surface area is 124 Å². The Kier molecular flexibility index (Phi) is 3.61. The molecule has 2 saturated heterocycles. The lowest BCUT2D eigenvalue weighted by molar-refractivity contribution is 0.154. The summed E-state index contributed by atoms with van der Waals surface area (Å²) in [4.78, 5) is 14.2. The average molecular weight is 295 g/mol. The standard InChI is InChI=1S/C15H19ClN2O2/c1-11-3-2-4-12(16)13(11)17-14(19)18-7-5-15(9-18)6-8-20-10-15/h2-4H,5-10H2,1H3,(H,17,19)/t15-/m0/s1. The third-order valence-electron chi connectivity index (χ3n) is 4.36. The van der Waals surface area contributed by atoms with E-state index >= 15 is 0 Å². The minimum atomic E-state index is -0.0648. The van der Waals surface area contributed by atoms with E-state index in [9.17, 15) is 4.79 Å². The van der Waals surface area contributed by atoms with Crippen LogP contribution in [-0.4, -0.2) is 37.2 Å². The largest absolute Gasteiger partial charge is 0.381 e. The van der Waals surface area contributed by atoms with Crippen molar-refractivity contribution in [1.82, 2.24) is 4.90 Å². The summed E-state index contributed by atoms with van der Waals surface area (Å²) in [5, 5.41) is 3.52. The second kappa shape index (κ2) is 5.26. The van der Waals surface area contributed by atoms with Gasteiger partial charge in [0.2, 0.25) is 0 Å². The van der Waals surface area contributed by atoms with E-state index in [1.54, 1.807) is 6.07 Å². The van der Waals surface area contributed by atoms with E-state index < -0.39 is 0 Å². The Hall–Kier alpha value is -1.26. The van der Waals surface area contributed by atoms with Crippen LogP contribution in [0.1, 0.15) is 18.4 Å². The molecule has 2 fully saturated rings. The van der Waals surface area contributed by atoms with Crippen LogP contribution in [0.15, 0.2) is 18.2 Å². The number of ether oxygens (including phenoxy) is 1. The van der Waals surface area contributed by atoms with Gasteiger partial charge in [-0.3, -0.25) is 0 Å². The third kappa shape index (κ3) is 2.50. The van der Waals surface area contributed by atoms with Crippen molar-refractivity contribution in [3.05, 3.63) is 28.8 Å². The van der Waals surface area contributed by atoms with Crippen LogP contribution in [0.4, 0.5) is 10.5 Å². The van der Waals surface area contributed by atoms with E-state index in [0.717, 1.165) is 44.7 Å². The molecule has 2 heterocycles. The first kappa shape index (κ1) is 13.7. The van der Waals surface area contributed by atoms with Gasteiger partial charge in [0, 0.05) is 25.1 Å². The minimum absolute atomic E-state index is 0.0648. The number of hydrogen-bond donors (Lipinski definition) is 1. The van der Waals surface area contributed by atoms with Crippen molar-refractivity contribution >= 4 is 23.3 Å². The Morgan fingerprint density at radius 2 is 2.30 bits per heavy atom. The van der Waals surface area contributed by atoms with E-state index in [2.05, 4.69) is 5.32 Å². The van der Waals surface area contributed by atoms with Crippen LogP contribution in [0.2, 0.25) is 5.02 Å². The Balaban J connectivity index is 1.68. The van der Waals surface area contributed by atoms with Gasteiger partial charge in [0.25, 0.3) is 0 Å². The molecule has 0 unspecified atom stereocenters. The van der Waals surface area contributed by atoms with Crippen LogP contribution in [0.3, 0.4) is 0 Å². The summed E-state index contributed by atoms with van der Waals surface area (Å²) in [5.74, 6) is 0. The summed E-state index contributed by atoms with van der Waals surface area (Å²) < 4.78 is 5.49. The third-order valence-corrected chi connectivity index (χ3v) is 4.68. The zero-order chi connectivity index (χ0) is 14.2. The van der Waals surface area contributed by atoms with Crippen molar-refractivity contribution in [1.29, 1.82) is 0 Å². The highest BCUT2D eigenvalue weighted by Gasteiger charge is 2.42. The number of nitrogens with zero attached hydrogens (tertiary/aromatic N) is 1. The average Bonchev–Trinajstić information content (AvgIpc) is 3.05. The van der Waals surface area contributed by atoms with Crippen LogP contribution in [0.5, 0.6) is 0 Å². The summed E-state index contributed by atoms with van der Waals surface area (Å²) in [7, 11) is 0. The molecular weight excluding hydrogens is 276 g/mol. The molecule has 20 heavy (non-hydrogen) atoms. The van der Waals surface area contributed by atoms with Crippen molar-refractivity contribution in [2.24, 2.45) is 5.41 Å². The number of amides is 2. The molecule has 1 spiro atoms. The van der Waals surface area contributed by atoms with Gasteiger partial charge in [0.05, 0.1) is 17.3 Å². The van der Waals surface area contributed by atoms with Crippen molar-refractivity contribution < 1.29 is 9.53 Å². The van der Waals surface area contributed by atoms with Crippen LogP contribution >= 0.6 is 11.6 Å². The maximum absolute atomic E-state index is 12.4. The molecule has 3 rings (SSSR count). The van der Waals surface area contributed by atoms with E-state index in [0.29, 0.717) is 10.7 Å². The molecule has 0 saturated carbocycles. The molecule has 1 aromatic rings. The Morgan fingerprint density at radius 1 is 1.45 bits per heavy atom. The summed E-state index contributed by atoms with van der Waals surface area (Å²) in [5.41, 5.74) is 1.87. The number of anilines is 1. The molecule has 0 aromatic heterocycles. The van der Waals surface area contributed by atoms with E-state index in [1.165, 1.54) is 0 Å². The zero-order valence-corrected chi connectivity index (χ0v) is 12.4. The molecule has 0 bridgehead atoms. The van der Waals surface area contributed by atoms with E-state index in [-0.39, 0.29) is 11.4 Å². The quantitative estimate of drug-likeness (QED) is 0.863. The fraction of sp³-hybridized carbons (Fsp3) is 0.533. The number of likely N-dealkylation sites (tertiary alicyclic amines) is 1. The van der Waals surface area contributed by atoms with E-state index in [4.69, 9.17) is 16.3 Å². The number of para-hydroxylation sites is 1. The number of nitrogens with one attached hydrogen (secondary N) is 1. The maximum atomic E-state index is 12.4. The number of carbonyl (C=O) groups excluding carboxylic acids is 1. The normalized spacial score (nSPS) is 25.4. The van der Waals surface area contributed by atoms with Crippen LogP contribution in [0.25, 0.3) is 0 Å². The summed E-state index contributed by atoms with van der Waals surface area (Å²) in [6.45, 7) is 5.11. The molecule has 2 amide bonds. The number of rotatable bonds is 1. The Morgan fingerprint density at radius 3 is 3.00 bits per heavy atom. The first-order chi connectivity index (χ1) is 9.60. The highest BCUT2D eigenvalue weighted by molar-refractivity contribution is 6.33. The molecule has 2 aliphatic rings. The minimum Gasteiger partial charge on any atom is -0.381 e. The molecule has 4 nitrogen and oxygen atoms in total. The number of hydrogen-bond acceptors (Lipinski definition) is 2. The molecule has 1 aromatic carbocycles. The van der Waals surface area contributed by atoms with Gasteiger partial charge in [-0.25, -0.2) is 4.79 Å². The molecule has 108 valence electrons. The fourth-order valence-corrected chi connectivity index (χ4v) is 3.33. The highest BCUT2D eigenvalue weighted by Crippen LogP contribution is 2.38. The number of carbonyl (C=O) groups is 1. The van der Waals surface area contributed by atoms with Gasteiger partial charge in [-0.2, -0.15) is 0 Å². The smallest absolute Gasteiger partial charge is 0.321 e. The number of aryl methyl sites for hydroxylation is 1. The van der Waals surface area contributed by atoms with Crippen molar-refractivity contribution in [3.63, 3.8) is 0 Å². The lowest BCUT2D eigenvalue weighted by atomic mass is 9.87. The van der Waals surface area contributed by atoms with Gasteiger partial charge in [-0.1, -0.05) is 23.7 Å². The van der Waals surface area contributed by atoms with Crippen molar-refractivity contribution in [3.8, 4) is 0 Å². The van der Waals surface area contributed by atoms with Crippen molar-refractivity contribution in [2.75, 3.05) is 31.6 Å². The Bertz CT molecular complexity index is 506. The van der Waals surface area contributed by atoms with Crippen LogP contribution in [-0.2, 0) is 4.74 Å². The number of urea groups is 1. The number of halogens is 1. The second-order valence-corrected chi connectivity index (χ2v) is 6.24. The van der Waals surface area contributed by atoms with E-state index in [1.807, 2.05) is 24.0 Å². The summed E-state index contributed by atoms with van der Waals surface area (Å²) >= 11 is 6.15. The summed E-state index contributed by atoms with van der Waals surface area (Å²) in [6.07, 6.45) is 2.09. The van der Waals surface area contributed by atoms with Gasteiger partial charge < -0.3 is 15.0 Å². The molecule has 1 N–H and O–H groups in total. The van der Waals surface area contributed by atoms with Gasteiger partial charge in [0.15, 0.2) is 0 Å². The predicted molar refractivity (Wildman–Crippen MR) is 79.3 cm³/mol. The van der Waals surface area contributed by atoms with Crippen molar-refractivity contribution in [2.45, 2.75) is 19.8 Å². The molecule has 0 radical (unpaired) electrons. The van der Waals surface area contributed by atoms with Gasteiger partial charge in [-0.15, -0.1) is 0 Å². The predicted octanol–water partition coefficient (Wildman–Crippen LogP) is 3.29. The lowest BCUT2D eigenvalue weighted by Crippen LogP contribution is -2.35. The fourth-order valence-electron chi connectivity index (χ4n) is 3.06. The maximum Gasteiger partial charge on any atom is 0.321 e. The van der Waals surface area contributed by atoms with Gasteiger partial charge in [0.1, 0.15) is 0 Å². The first-order valence-corrected chi connectivity index (χ1v) is 7.36. The van der Waals surface area contributed by atoms with Gasteiger partial charge in [-0.05, 0) is 31.4 Å². The lowest BCUT2D eigenvalue weighted by Gasteiger charge is -2.22. The molecule has 5 heteroatoms. The zero-order valence-electron chi connectivity index (χ0n) is 11.6. The highest BCUT2D eigenvalue weighted by atomic mass is 35.5. The van der Waals surface area contributed by atoms with Crippen LogP contribution in [0, 0.1) is 12.3 Å². The topological polar surface area (TPSA) is 41.6 Å². The molecule has 2 aliphatic heterocycles. The molecular formula is C15H19ClN2O2.